The van der Waals surface area contributed by atoms with Crippen LogP contribution >= 0.6 is 0 Å². The van der Waals surface area contributed by atoms with Gasteiger partial charge in [-0.05, 0) is 117 Å². The molecule has 6 unspecified atom stereocenters. The Labute approximate surface area is 375 Å². The number of hydrogen-bond acceptors (Lipinski definition) is 11. The summed E-state index contributed by atoms with van der Waals surface area (Å²) in [4.78, 5) is 32.8. The van der Waals surface area contributed by atoms with Crippen molar-refractivity contribution in [2.75, 3.05) is 26.9 Å². The van der Waals surface area contributed by atoms with Gasteiger partial charge in [-0.25, -0.2) is 4.79 Å². The van der Waals surface area contributed by atoms with Crippen LogP contribution in [0.5, 0.6) is 23.0 Å². The van der Waals surface area contributed by atoms with Gasteiger partial charge in [0.2, 0.25) is 5.79 Å². The minimum Gasteiger partial charge on any atom is -0.459 e. The molecule has 1 heterocycles. The topological polar surface area (TPSA) is 162 Å². The number of allylic oxidation sites excluding steroid dienone is 1. The summed E-state index contributed by atoms with van der Waals surface area (Å²) in [5.41, 5.74) is 3.86. The lowest BCUT2D eigenvalue weighted by molar-refractivity contribution is -0.384. The number of non-ortho nitro benzene ring substituents is 1. The number of fused-ring (bicyclic) bond motifs is 2. The second kappa shape index (κ2) is 20.2. The van der Waals surface area contributed by atoms with Crippen molar-refractivity contribution < 1.29 is 43.7 Å². The average Bonchev–Trinajstić information content (AvgIpc) is 3.29. The quantitative estimate of drug-likeness (QED) is 0.0426. The summed E-state index contributed by atoms with van der Waals surface area (Å²) in [6, 6.07) is 28.5. The number of amides is 1. The van der Waals surface area contributed by atoms with Crippen molar-refractivity contribution in [2.45, 2.75) is 89.1 Å². The van der Waals surface area contributed by atoms with Crippen molar-refractivity contribution in [3.63, 3.8) is 0 Å². The van der Waals surface area contributed by atoms with Gasteiger partial charge in [-0.15, -0.1) is 6.58 Å². The maximum absolute atomic E-state index is 14.3. The van der Waals surface area contributed by atoms with Crippen LogP contribution in [0.4, 0.5) is 10.5 Å². The first-order valence-corrected chi connectivity index (χ1v) is 22.1. The first kappa shape index (κ1) is 46.0. The second-order valence-electron chi connectivity index (χ2n) is 17.7. The highest BCUT2D eigenvalue weighted by atomic mass is 16.7. The number of likely N-dealkylation sites (N-methyl/N-ethyl adjacent to an activating group) is 1. The molecule has 2 N–H and O–H groups in total. The molecule has 0 saturated heterocycles. The number of ether oxygens (including phenoxy) is 4. The number of hydrogen-bond donors (Lipinski definition) is 2. The van der Waals surface area contributed by atoms with E-state index < -0.39 is 34.4 Å². The molecule has 13 nitrogen and oxygen atoms in total. The summed E-state index contributed by atoms with van der Waals surface area (Å²) in [6.45, 7) is 10.00. The number of nitro groups is 1. The van der Waals surface area contributed by atoms with Gasteiger partial charge in [-0.3, -0.25) is 10.1 Å². The molecule has 0 spiro atoms. The molecule has 7 rings (SSSR count). The summed E-state index contributed by atoms with van der Waals surface area (Å²) >= 11 is 0. The van der Waals surface area contributed by atoms with Crippen LogP contribution in [-0.4, -0.2) is 76.1 Å². The molecule has 1 aliphatic heterocycles. The van der Waals surface area contributed by atoms with Crippen LogP contribution in [0.1, 0.15) is 77.2 Å². The predicted molar refractivity (Wildman–Crippen MR) is 245 cm³/mol. The van der Waals surface area contributed by atoms with Crippen molar-refractivity contribution >= 4 is 17.5 Å². The minimum absolute atomic E-state index is 0.00894. The fourth-order valence-corrected chi connectivity index (χ4v) is 9.40. The van der Waals surface area contributed by atoms with Crippen LogP contribution in [0.3, 0.4) is 0 Å². The van der Waals surface area contributed by atoms with Gasteiger partial charge in [0, 0.05) is 50.3 Å². The van der Waals surface area contributed by atoms with Gasteiger partial charge >= 0.3 is 6.09 Å². The third-order valence-corrected chi connectivity index (χ3v) is 12.3. The lowest BCUT2D eigenvalue weighted by Crippen LogP contribution is -2.69. The highest BCUT2D eigenvalue weighted by Gasteiger charge is 2.65. The fraction of sp³-hybridized carbons (Fsp3) is 0.412. The number of aliphatic hydroxyl groups is 2. The number of carbonyl (C=O) groups is 1. The van der Waals surface area contributed by atoms with Gasteiger partial charge in [0.15, 0.2) is 0 Å². The van der Waals surface area contributed by atoms with Crippen LogP contribution in [0.2, 0.25) is 0 Å². The van der Waals surface area contributed by atoms with Gasteiger partial charge < -0.3 is 38.9 Å². The molecular formula is C51H59N3O10. The minimum atomic E-state index is -1.50. The van der Waals surface area contributed by atoms with E-state index >= 15 is 0 Å². The van der Waals surface area contributed by atoms with E-state index in [-0.39, 0.29) is 55.4 Å². The Bertz CT molecular complexity index is 2310. The van der Waals surface area contributed by atoms with E-state index in [0.717, 1.165) is 47.9 Å². The van der Waals surface area contributed by atoms with Crippen LogP contribution < -0.4 is 14.2 Å². The monoisotopic (exact) mass is 873 g/mol. The molecule has 3 aliphatic rings. The third kappa shape index (κ3) is 10.2. The molecule has 6 atom stereocenters. The zero-order chi connectivity index (χ0) is 45.4. The second-order valence-corrected chi connectivity index (χ2v) is 17.7. The van der Waals surface area contributed by atoms with E-state index in [9.17, 15) is 25.1 Å². The highest BCUT2D eigenvalue weighted by Crippen LogP contribution is 2.62. The first-order chi connectivity index (χ1) is 30.8. The zero-order valence-corrected chi connectivity index (χ0v) is 37.1. The Balaban J connectivity index is 1.37. The lowest BCUT2D eigenvalue weighted by Gasteiger charge is -2.59. The predicted octanol–water partition coefficient (Wildman–Crippen LogP) is 10.6. The fourth-order valence-electron chi connectivity index (χ4n) is 9.40. The Hall–Kier alpha value is -6.02. The maximum Gasteiger partial charge on any atom is 0.415 e. The van der Waals surface area contributed by atoms with Crippen molar-refractivity contribution in [3.8, 4) is 34.1 Å². The Kier molecular flexibility index (Phi) is 14.5. The smallest absolute Gasteiger partial charge is 0.415 e. The molecule has 4 aromatic carbocycles. The number of rotatable bonds is 18. The highest BCUT2D eigenvalue weighted by molar-refractivity contribution is 6.03. The Morgan fingerprint density at radius 2 is 1.58 bits per heavy atom. The molecule has 1 saturated carbocycles. The number of oxime groups is 1. The summed E-state index contributed by atoms with van der Waals surface area (Å²) in [5, 5.41) is 36.1. The van der Waals surface area contributed by atoms with Crippen LogP contribution in [-0.2, 0) is 9.57 Å². The molecule has 338 valence electrons. The van der Waals surface area contributed by atoms with E-state index in [4.69, 9.17) is 28.9 Å². The number of nitro benzene ring substituents is 1. The molecule has 1 amide bonds. The Morgan fingerprint density at radius 1 is 0.922 bits per heavy atom. The largest absolute Gasteiger partial charge is 0.459 e. The van der Waals surface area contributed by atoms with Gasteiger partial charge in [0.05, 0.1) is 23.2 Å². The summed E-state index contributed by atoms with van der Waals surface area (Å²) in [6.07, 6.45) is 7.80. The van der Waals surface area contributed by atoms with Gasteiger partial charge in [-0.1, -0.05) is 72.6 Å². The summed E-state index contributed by atoms with van der Waals surface area (Å²) < 4.78 is 26.6. The standard InChI is InChI=1S/C51H59N3O10/c1-6-30-60-51-46(53(5)49(57)62-39-24-20-37(21-25-39)54(58)59)33-44(52-64-50(2,3)4)42-31-36(16-10-12-28-55)41(17-11-13-29-56)47(48(42)51)43-32-40(26-27-45(43)63-51)61-38-22-18-35(19-23-38)34-14-8-7-9-15-34/h6-9,14-15,18-27,31-32,36,41,46-48,55-56H,1,10-13,16-17,28-30,33H2,2-5H3. The van der Waals surface area contributed by atoms with E-state index in [1.54, 1.807) is 13.1 Å². The number of aliphatic hydroxyl groups excluding tert-OH is 2. The van der Waals surface area contributed by atoms with Gasteiger partial charge in [0.25, 0.3) is 5.69 Å². The molecule has 4 aromatic rings. The van der Waals surface area contributed by atoms with Crippen LogP contribution in [0, 0.1) is 27.9 Å². The molecule has 13 heteroatoms. The van der Waals surface area contributed by atoms with E-state index in [1.807, 2.05) is 81.4 Å². The van der Waals surface area contributed by atoms with Crippen LogP contribution in [0.25, 0.3) is 11.1 Å². The van der Waals surface area contributed by atoms with E-state index in [2.05, 4.69) is 24.8 Å². The van der Waals surface area contributed by atoms with Gasteiger partial charge in [0.1, 0.15) is 34.6 Å². The zero-order valence-electron chi connectivity index (χ0n) is 37.1. The molecule has 0 radical (unpaired) electrons. The van der Waals surface area contributed by atoms with E-state index in [1.165, 1.54) is 29.2 Å². The first-order valence-electron chi connectivity index (χ1n) is 22.1. The SMILES string of the molecule is C=CCOC12Oc3ccc(Oc4ccc(-c5ccccc5)cc4)cc3C3C(CCCCO)C(CCCCO)C=C(C(=NOC(C)(C)C)CC1N(C)C(=O)Oc1ccc([N+](=O)[O-])cc1)C32. The Morgan fingerprint density at radius 3 is 2.23 bits per heavy atom. The van der Waals surface area contributed by atoms with Crippen molar-refractivity contribution in [2.24, 2.45) is 22.9 Å². The van der Waals surface area contributed by atoms with Crippen molar-refractivity contribution in [1.82, 2.24) is 4.90 Å². The molecule has 64 heavy (non-hydrogen) atoms. The molecule has 0 aromatic heterocycles. The van der Waals surface area contributed by atoms with Gasteiger partial charge in [-0.2, -0.15) is 0 Å². The number of carbonyl (C=O) groups excluding carboxylic acids is 1. The molecule has 1 fully saturated rings. The lowest BCUT2D eigenvalue weighted by atomic mass is 9.55. The molecular weight excluding hydrogens is 815 g/mol. The molecule has 0 bridgehead atoms. The number of nitrogens with zero attached hydrogens (tertiary/aromatic N) is 3. The van der Waals surface area contributed by atoms with Crippen molar-refractivity contribution in [3.05, 3.63) is 137 Å². The summed E-state index contributed by atoms with van der Waals surface area (Å²) in [7, 11) is 1.63. The van der Waals surface area contributed by atoms with Crippen molar-refractivity contribution in [1.29, 1.82) is 0 Å². The molecule has 2 aliphatic carbocycles. The third-order valence-electron chi connectivity index (χ3n) is 12.3. The van der Waals surface area contributed by atoms with E-state index in [0.29, 0.717) is 35.8 Å². The normalized spacial score (nSPS) is 22.9. The maximum atomic E-state index is 14.3. The summed E-state index contributed by atoms with van der Waals surface area (Å²) in [5.74, 6) is -0.247. The number of benzene rings is 4. The average molecular weight is 874 g/mol. The van der Waals surface area contributed by atoms with Crippen LogP contribution in [0.15, 0.2) is 127 Å². The number of unbranched alkanes of at least 4 members (excludes halogenated alkanes) is 2.